The van der Waals surface area contributed by atoms with Gasteiger partial charge in [0.1, 0.15) is 0 Å². The minimum Gasteiger partial charge on any atom is -0.392 e. The van der Waals surface area contributed by atoms with Gasteiger partial charge in [-0.05, 0) is 12.0 Å². The molecule has 0 spiro atoms. The van der Waals surface area contributed by atoms with Gasteiger partial charge in [0.25, 0.3) is 0 Å². The maximum atomic E-state index is 9.96. The summed E-state index contributed by atoms with van der Waals surface area (Å²) in [5.41, 5.74) is 0.936. The van der Waals surface area contributed by atoms with Gasteiger partial charge in [-0.25, -0.2) is 0 Å². The van der Waals surface area contributed by atoms with E-state index in [4.69, 9.17) is 0 Å². The van der Waals surface area contributed by atoms with Crippen LogP contribution in [0.1, 0.15) is 19.4 Å². The first-order valence-corrected chi connectivity index (χ1v) is 4.92. The van der Waals surface area contributed by atoms with Crippen molar-refractivity contribution >= 4 is 0 Å². The average Bonchev–Trinajstić information content (AvgIpc) is 2.19. The van der Waals surface area contributed by atoms with Crippen molar-refractivity contribution < 1.29 is 5.11 Å². The van der Waals surface area contributed by atoms with Crippen LogP contribution in [0.2, 0.25) is 0 Å². The fourth-order valence-corrected chi connectivity index (χ4v) is 1.24. The smallest absolute Gasteiger partial charge is 0.0665 e. The van der Waals surface area contributed by atoms with Crippen molar-refractivity contribution in [2.24, 2.45) is 5.41 Å². The minimum absolute atomic E-state index is 0.226. The summed E-state index contributed by atoms with van der Waals surface area (Å²) in [6.45, 7) is 7.72. The van der Waals surface area contributed by atoms with Crippen molar-refractivity contribution in [2.75, 3.05) is 0 Å². The van der Waals surface area contributed by atoms with Gasteiger partial charge in [-0.2, -0.15) is 0 Å². The fraction of sp³-hybridized carbons (Fsp3) is 0.385. The van der Waals surface area contributed by atoms with E-state index in [0.717, 1.165) is 5.56 Å². The normalized spacial score (nSPS) is 13.6. The summed E-state index contributed by atoms with van der Waals surface area (Å²) >= 11 is 0. The largest absolute Gasteiger partial charge is 0.392 e. The van der Waals surface area contributed by atoms with Crippen LogP contribution in [0.4, 0.5) is 0 Å². The van der Waals surface area contributed by atoms with Gasteiger partial charge in [-0.15, -0.1) is 6.58 Å². The maximum Gasteiger partial charge on any atom is 0.0665 e. The van der Waals surface area contributed by atoms with Crippen LogP contribution in [-0.2, 0) is 6.42 Å². The lowest BCUT2D eigenvalue weighted by Gasteiger charge is -2.26. The van der Waals surface area contributed by atoms with Crippen LogP contribution in [-0.4, -0.2) is 11.2 Å². The molecule has 1 nitrogen and oxygen atoms in total. The second kappa shape index (κ2) is 4.43. The third-order valence-electron chi connectivity index (χ3n) is 2.66. The van der Waals surface area contributed by atoms with Crippen molar-refractivity contribution in [3.63, 3.8) is 0 Å². The molecule has 1 N–H and O–H groups in total. The molecule has 0 heterocycles. The van der Waals surface area contributed by atoms with Crippen LogP contribution in [0.15, 0.2) is 43.0 Å². The Hall–Kier alpha value is -1.08. The molecule has 1 unspecified atom stereocenters. The highest BCUT2D eigenvalue weighted by atomic mass is 16.3. The first kappa shape index (κ1) is 11.0. The van der Waals surface area contributed by atoms with E-state index in [1.54, 1.807) is 6.08 Å². The van der Waals surface area contributed by atoms with E-state index in [2.05, 4.69) is 6.58 Å². The summed E-state index contributed by atoms with van der Waals surface area (Å²) in [5.74, 6) is 0. The zero-order valence-electron chi connectivity index (χ0n) is 8.90. The van der Waals surface area contributed by atoms with E-state index >= 15 is 0 Å². The number of hydrogen-bond donors (Lipinski definition) is 1. The zero-order valence-corrected chi connectivity index (χ0v) is 8.90. The highest BCUT2D eigenvalue weighted by Gasteiger charge is 2.23. The fourth-order valence-electron chi connectivity index (χ4n) is 1.24. The van der Waals surface area contributed by atoms with Crippen molar-refractivity contribution in [2.45, 2.75) is 26.4 Å². The summed E-state index contributed by atoms with van der Waals surface area (Å²) < 4.78 is 0. The lowest BCUT2D eigenvalue weighted by atomic mass is 9.83. The molecule has 0 fully saturated rings. The molecule has 1 heteroatoms. The molecular formula is C13H18O. The molecule has 0 aromatic heterocycles. The molecule has 0 bridgehead atoms. The van der Waals surface area contributed by atoms with E-state index in [1.807, 2.05) is 44.2 Å². The zero-order chi connectivity index (χ0) is 10.6. The highest BCUT2D eigenvalue weighted by molar-refractivity contribution is 5.16. The van der Waals surface area contributed by atoms with E-state index in [-0.39, 0.29) is 11.5 Å². The van der Waals surface area contributed by atoms with Crippen LogP contribution in [0.3, 0.4) is 0 Å². The predicted octanol–water partition coefficient (Wildman–Crippen LogP) is 2.80. The first-order chi connectivity index (χ1) is 6.56. The van der Waals surface area contributed by atoms with Crippen LogP contribution in [0.25, 0.3) is 0 Å². The second-order valence-corrected chi connectivity index (χ2v) is 4.23. The third-order valence-corrected chi connectivity index (χ3v) is 2.66. The molecule has 0 aliphatic rings. The summed E-state index contributed by atoms with van der Waals surface area (Å²) in [5, 5.41) is 9.96. The monoisotopic (exact) mass is 190 g/mol. The molecular weight excluding hydrogens is 172 g/mol. The van der Waals surface area contributed by atoms with Crippen molar-refractivity contribution in [1.82, 2.24) is 0 Å². The molecule has 0 amide bonds. The quantitative estimate of drug-likeness (QED) is 0.724. The summed E-state index contributed by atoms with van der Waals surface area (Å²) in [4.78, 5) is 0. The Kier molecular flexibility index (Phi) is 3.48. The maximum absolute atomic E-state index is 9.96. The van der Waals surface area contributed by atoms with Gasteiger partial charge in [0.15, 0.2) is 0 Å². The summed E-state index contributed by atoms with van der Waals surface area (Å²) in [6, 6.07) is 10.0. The van der Waals surface area contributed by atoms with E-state index in [1.165, 1.54) is 0 Å². The van der Waals surface area contributed by atoms with Gasteiger partial charge in [0.05, 0.1) is 6.10 Å². The van der Waals surface area contributed by atoms with Gasteiger partial charge < -0.3 is 5.11 Å². The number of rotatable bonds is 4. The summed E-state index contributed by atoms with van der Waals surface area (Å²) in [6.07, 6.45) is 2.11. The van der Waals surface area contributed by atoms with Gasteiger partial charge in [0, 0.05) is 5.41 Å². The Bertz CT molecular complexity index is 287. The molecule has 14 heavy (non-hydrogen) atoms. The van der Waals surface area contributed by atoms with E-state index in [0.29, 0.717) is 6.42 Å². The molecule has 1 atom stereocenters. The number of aliphatic hydroxyl groups excluding tert-OH is 1. The third kappa shape index (κ3) is 2.71. The van der Waals surface area contributed by atoms with Gasteiger partial charge in [-0.3, -0.25) is 0 Å². The van der Waals surface area contributed by atoms with Gasteiger partial charge in [-0.1, -0.05) is 50.3 Å². The SMILES string of the molecule is C=CC(C)(C)C(O)Cc1ccccc1. The van der Waals surface area contributed by atoms with Crippen molar-refractivity contribution in [1.29, 1.82) is 0 Å². The average molecular weight is 190 g/mol. The standard InChI is InChI=1S/C13H18O/c1-4-13(2,3)12(14)10-11-8-6-5-7-9-11/h4-9,12,14H,1,10H2,2-3H3. The Morgan fingerprint density at radius 2 is 1.93 bits per heavy atom. The van der Waals surface area contributed by atoms with Crippen LogP contribution >= 0.6 is 0 Å². The molecule has 0 saturated carbocycles. The Morgan fingerprint density at radius 1 is 1.36 bits per heavy atom. The van der Waals surface area contributed by atoms with Crippen molar-refractivity contribution in [3.05, 3.63) is 48.6 Å². The van der Waals surface area contributed by atoms with Gasteiger partial charge >= 0.3 is 0 Å². The lowest BCUT2D eigenvalue weighted by Crippen LogP contribution is -2.29. The first-order valence-electron chi connectivity index (χ1n) is 4.92. The Balaban J connectivity index is 2.66. The number of benzene rings is 1. The van der Waals surface area contributed by atoms with Crippen molar-refractivity contribution in [3.8, 4) is 0 Å². The van der Waals surface area contributed by atoms with E-state index in [9.17, 15) is 5.11 Å². The topological polar surface area (TPSA) is 20.2 Å². The number of aliphatic hydroxyl groups is 1. The molecule has 0 aliphatic carbocycles. The molecule has 1 rings (SSSR count). The number of hydrogen-bond acceptors (Lipinski definition) is 1. The second-order valence-electron chi connectivity index (χ2n) is 4.23. The van der Waals surface area contributed by atoms with E-state index < -0.39 is 0 Å². The highest BCUT2D eigenvalue weighted by Crippen LogP contribution is 2.24. The molecule has 76 valence electrons. The van der Waals surface area contributed by atoms with Crippen LogP contribution < -0.4 is 0 Å². The Morgan fingerprint density at radius 3 is 2.43 bits per heavy atom. The van der Waals surface area contributed by atoms with Crippen LogP contribution in [0.5, 0.6) is 0 Å². The molecule has 0 aliphatic heterocycles. The molecule has 0 radical (unpaired) electrons. The minimum atomic E-state index is -0.373. The Labute approximate surface area is 86.1 Å². The molecule has 0 saturated heterocycles. The lowest BCUT2D eigenvalue weighted by molar-refractivity contribution is 0.0826. The predicted molar refractivity (Wildman–Crippen MR) is 60.1 cm³/mol. The molecule has 1 aromatic carbocycles. The van der Waals surface area contributed by atoms with Gasteiger partial charge in [0.2, 0.25) is 0 Å². The summed E-state index contributed by atoms with van der Waals surface area (Å²) in [7, 11) is 0. The van der Waals surface area contributed by atoms with Crippen LogP contribution in [0, 0.1) is 5.41 Å². The molecule has 1 aromatic rings.